The predicted molar refractivity (Wildman–Crippen MR) is 93.5 cm³/mol. The van der Waals surface area contributed by atoms with Crippen LogP contribution in [0.3, 0.4) is 0 Å². The number of benzene rings is 1. The first-order chi connectivity index (χ1) is 11.1. The van der Waals surface area contributed by atoms with Gasteiger partial charge in [0, 0.05) is 42.9 Å². The van der Waals surface area contributed by atoms with Crippen LogP contribution in [0, 0.1) is 0 Å². The first kappa shape index (κ1) is 17.1. The lowest BCUT2D eigenvalue weighted by Crippen LogP contribution is -2.25. The number of aromatic nitrogens is 1. The van der Waals surface area contributed by atoms with E-state index in [-0.39, 0.29) is 11.8 Å². The maximum atomic E-state index is 11.4. The molecular weight excluding hydrogens is 310 g/mol. The third-order valence-electron chi connectivity index (χ3n) is 3.16. The zero-order chi connectivity index (χ0) is 16.7. The average Bonchev–Trinajstić information content (AvgIpc) is 2.96. The highest BCUT2D eigenvalue weighted by Crippen LogP contribution is 2.26. The van der Waals surface area contributed by atoms with Gasteiger partial charge in [0.15, 0.2) is 0 Å². The van der Waals surface area contributed by atoms with Crippen molar-refractivity contribution in [1.82, 2.24) is 10.3 Å². The molecule has 0 bridgehead atoms. The molecule has 0 unspecified atom stereocenters. The number of hydrogen-bond acceptors (Lipinski definition) is 4. The van der Waals surface area contributed by atoms with Crippen molar-refractivity contribution in [1.29, 1.82) is 0 Å². The van der Waals surface area contributed by atoms with Crippen molar-refractivity contribution in [2.24, 2.45) is 0 Å². The fourth-order valence-corrected chi connectivity index (χ4v) is 2.98. The van der Waals surface area contributed by atoms with Crippen LogP contribution in [-0.2, 0) is 16.0 Å². The number of thiazole rings is 1. The van der Waals surface area contributed by atoms with E-state index in [4.69, 9.17) is 0 Å². The topological polar surface area (TPSA) is 71.1 Å². The second kappa shape index (κ2) is 8.43. The molecule has 0 saturated heterocycles. The Kier molecular flexibility index (Phi) is 6.29. The van der Waals surface area contributed by atoms with Crippen molar-refractivity contribution in [2.45, 2.75) is 33.1 Å². The minimum Gasteiger partial charge on any atom is -0.356 e. The first-order valence-corrected chi connectivity index (χ1v) is 8.55. The molecule has 0 aliphatic carbocycles. The number of nitrogens with one attached hydrogen (secondary N) is 2. The van der Waals surface area contributed by atoms with Gasteiger partial charge in [0.1, 0.15) is 5.01 Å². The minimum atomic E-state index is -0.0928. The van der Waals surface area contributed by atoms with Gasteiger partial charge in [0.25, 0.3) is 0 Å². The van der Waals surface area contributed by atoms with Gasteiger partial charge in [-0.15, -0.1) is 11.3 Å². The van der Waals surface area contributed by atoms with Crippen LogP contribution in [0.15, 0.2) is 29.6 Å². The minimum absolute atomic E-state index is 0.0889. The van der Waals surface area contributed by atoms with Crippen molar-refractivity contribution >= 4 is 28.8 Å². The monoisotopic (exact) mass is 331 g/mol. The number of carbonyl (C=O) groups excluding carboxylic acids is 2. The number of amides is 2. The van der Waals surface area contributed by atoms with Crippen molar-refractivity contribution in [3.8, 4) is 10.6 Å². The van der Waals surface area contributed by atoms with Gasteiger partial charge in [-0.25, -0.2) is 4.98 Å². The van der Waals surface area contributed by atoms with Gasteiger partial charge >= 0.3 is 0 Å². The molecule has 0 radical (unpaired) electrons. The number of hydrogen-bond donors (Lipinski definition) is 2. The van der Waals surface area contributed by atoms with Crippen LogP contribution in [0.25, 0.3) is 10.6 Å². The van der Waals surface area contributed by atoms with Crippen LogP contribution in [0.1, 0.15) is 32.4 Å². The lowest BCUT2D eigenvalue weighted by atomic mass is 10.2. The standard InChI is InChI=1S/C17H21N3O2S/c1-3-5-16(22)18-9-8-15-11-23-17(20-15)13-6-4-7-14(10-13)19-12(2)21/h4,6-7,10-11H,3,5,8-9H2,1-2H3,(H,18,22)(H,19,21). The molecule has 0 saturated carbocycles. The van der Waals surface area contributed by atoms with Crippen molar-refractivity contribution in [3.63, 3.8) is 0 Å². The van der Waals surface area contributed by atoms with Gasteiger partial charge in [0.05, 0.1) is 5.69 Å². The maximum absolute atomic E-state index is 11.4. The second-order valence-corrected chi connectivity index (χ2v) is 6.11. The third kappa shape index (κ3) is 5.49. The number of anilines is 1. The molecule has 0 spiro atoms. The fraction of sp³-hybridized carbons (Fsp3) is 0.353. The molecule has 1 aromatic heterocycles. The number of nitrogens with zero attached hydrogens (tertiary/aromatic N) is 1. The Bertz CT molecular complexity index is 682. The van der Waals surface area contributed by atoms with Gasteiger partial charge in [-0.05, 0) is 18.6 Å². The highest BCUT2D eigenvalue weighted by Gasteiger charge is 2.07. The summed E-state index contributed by atoms with van der Waals surface area (Å²) in [6, 6.07) is 7.62. The highest BCUT2D eigenvalue weighted by atomic mass is 32.1. The van der Waals surface area contributed by atoms with Crippen LogP contribution < -0.4 is 10.6 Å². The first-order valence-electron chi connectivity index (χ1n) is 7.67. The summed E-state index contributed by atoms with van der Waals surface area (Å²) in [5, 5.41) is 8.58. The summed E-state index contributed by atoms with van der Waals surface area (Å²) in [5.74, 6) is -0.00393. The Labute approximate surface area is 140 Å². The van der Waals surface area contributed by atoms with E-state index in [0.717, 1.165) is 34.8 Å². The Morgan fingerprint density at radius 2 is 2.13 bits per heavy atom. The lowest BCUT2D eigenvalue weighted by Gasteiger charge is -2.04. The number of rotatable bonds is 7. The summed E-state index contributed by atoms with van der Waals surface area (Å²) in [6.07, 6.45) is 2.15. The molecule has 23 heavy (non-hydrogen) atoms. The van der Waals surface area contributed by atoms with E-state index in [2.05, 4.69) is 15.6 Å². The molecule has 122 valence electrons. The second-order valence-electron chi connectivity index (χ2n) is 5.26. The van der Waals surface area contributed by atoms with Gasteiger partial charge in [-0.1, -0.05) is 19.1 Å². The number of carbonyl (C=O) groups is 2. The molecule has 1 heterocycles. The highest BCUT2D eigenvalue weighted by molar-refractivity contribution is 7.13. The molecule has 0 atom stereocenters. The Morgan fingerprint density at radius 1 is 1.30 bits per heavy atom. The summed E-state index contributed by atoms with van der Waals surface area (Å²) in [5.41, 5.74) is 2.70. The van der Waals surface area contributed by atoms with Crippen LogP contribution in [0.5, 0.6) is 0 Å². The van der Waals surface area contributed by atoms with Crippen molar-refractivity contribution < 1.29 is 9.59 Å². The maximum Gasteiger partial charge on any atom is 0.221 e. The molecule has 2 amide bonds. The van der Waals surface area contributed by atoms with E-state index in [1.54, 1.807) is 11.3 Å². The quantitative estimate of drug-likeness (QED) is 0.818. The van der Waals surface area contributed by atoms with Crippen LogP contribution in [0.2, 0.25) is 0 Å². The summed E-state index contributed by atoms with van der Waals surface area (Å²) < 4.78 is 0. The Morgan fingerprint density at radius 3 is 2.87 bits per heavy atom. The molecule has 2 aromatic rings. The normalized spacial score (nSPS) is 10.3. The molecule has 0 fully saturated rings. The van der Waals surface area contributed by atoms with E-state index >= 15 is 0 Å². The van der Waals surface area contributed by atoms with Gasteiger partial charge in [-0.2, -0.15) is 0 Å². The lowest BCUT2D eigenvalue weighted by molar-refractivity contribution is -0.121. The van der Waals surface area contributed by atoms with E-state index in [0.29, 0.717) is 13.0 Å². The molecule has 5 nitrogen and oxygen atoms in total. The van der Waals surface area contributed by atoms with E-state index in [1.165, 1.54) is 6.92 Å². The largest absolute Gasteiger partial charge is 0.356 e. The zero-order valence-corrected chi connectivity index (χ0v) is 14.2. The smallest absolute Gasteiger partial charge is 0.221 e. The summed E-state index contributed by atoms with van der Waals surface area (Å²) in [4.78, 5) is 27.1. The van der Waals surface area contributed by atoms with Gasteiger partial charge in [0.2, 0.25) is 11.8 Å². The Hall–Kier alpha value is -2.21. The molecule has 0 aliphatic heterocycles. The van der Waals surface area contributed by atoms with Gasteiger partial charge in [-0.3, -0.25) is 9.59 Å². The van der Waals surface area contributed by atoms with E-state index in [1.807, 2.05) is 36.6 Å². The van der Waals surface area contributed by atoms with Crippen LogP contribution >= 0.6 is 11.3 Å². The van der Waals surface area contributed by atoms with Crippen molar-refractivity contribution in [2.75, 3.05) is 11.9 Å². The molecular formula is C17H21N3O2S. The third-order valence-corrected chi connectivity index (χ3v) is 4.10. The summed E-state index contributed by atoms with van der Waals surface area (Å²) >= 11 is 1.56. The van der Waals surface area contributed by atoms with E-state index < -0.39 is 0 Å². The van der Waals surface area contributed by atoms with Crippen LogP contribution in [0.4, 0.5) is 5.69 Å². The fourth-order valence-electron chi connectivity index (χ4n) is 2.13. The molecule has 2 N–H and O–H groups in total. The zero-order valence-electron chi connectivity index (χ0n) is 13.4. The molecule has 0 aliphatic rings. The summed E-state index contributed by atoms with van der Waals surface area (Å²) in [6.45, 7) is 4.08. The van der Waals surface area contributed by atoms with E-state index in [9.17, 15) is 9.59 Å². The predicted octanol–water partition coefficient (Wildman–Crippen LogP) is 3.23. The molecule has 1 aromatic carbocycles. The van der Waals surface area contributed by atoms with Crippen molar-refractivity contribution in [3.05, 3.63) is 35.3 Å². The van der Waals surface area contributed by atoms with Crippen LogP contribution in [-0.4, -0.2) is 23.3 Å². The average molecular weight is 331 g/mol. The van der Waals surface area contributed by atoms with Gasteiger partial charge < -0.3 is 10.6 Å². The SMILES string of the molecule is CCCC(=O)NCCc1csc(-c2cccc(NC(C)=O)c2)n1. The molecule has 2 rings (SSSR count). The Balaban J connectivity index is 1.96. The molecule has 6 heteroatoms. The summed E-state index contributed by atoms with van der Waals surface area (Å²) in [7, 11) is 0.